The summed E-state index contributed by atoms with van der Waals surface area (Å²) in [5.74, 6) is 0.692. The Bertz CT molecular complexity index is 603. The van der Waals surface area contributed by atoms with Gasteiger partial charge in [-0.05, 0) is 32.0 Å². The van der Waals surface area contributed by atoms with E-state index in [2.05, 4.69) is 10.5 Å². The molecular weight excluding hydrogens is 268 g/mol. The minimum atomic E-state index is -0.309. The number of nitrogens with one attached hydrogen (secondary N) is 1. The van der Waals surface area contributed by atoms with Gasteiger partial charge >= 0.3 is 0 Å². The average Bonchev–Trinajstić information content (AvgIpc) is 2.69. The summed E-state index contributed by atoms with van der Waals surface area (Å²) in [7, 11) is 1.52. The van der Waals surface area contributed by atoms with Gasteiger partial charge in [0.15, 0.2) is 0 Å². The van der Waals surface area contributed by atoms with Crippen LogP contribution in [0, 0.1) is 13.8 Å². The lowest BCUT2D eigenvalue weighted by molar-refractivity contribution is 0.102. The summed E-state index contributed by atoms with van der Waals surface area (Å²) in [6.45, 7) is 3.39. The van der Waals surface area contributed by atoms with Gasteiger partial charge in [-0.2, -0.15) is 0 Å². The molecule has 19 heavy (non-hydrogen) atoms. The molecule has 2 rings (SSSR count). The maximum absolute atomic E-state index is 12.2. The number of carbonyl (C=O) groups excluding carboxylic acids is 1. The summed E-state index contributed by atoms with van der Waals surface area (Å²) in [6, 6.07) is 4.99. The molecule has 0 saturated heterocycles. The fourth-order valence-electron chi connectivity index (χ4n) is 1.77. The van der Waals surface area contributed by atoms with Gasteiger partial charge in [0.2, 0.25) is 0 Å². The molecule has 1 amide bonds. The normalized spacial score (nSPS) is 10.3. The number of hydrogen-bond donors (Lipinski definition) is 1. The summed E-state index contributed by atoms with van der Waals surface area (Å²) < 4.78 is 10.1. The second-order valence-electron chi connectivity index (χ2n) is 4.00. The monoisotopic (exact) mass is 280 g/mol. The van der Waals surface area contributed by atoms with Gasteiger partial charge in [0.25, 0.3) is 5.91 Å². The van der Waals surface area contributed by atoms with Gasteiger partial charge in [0, 0.05) is 5.02 Å². The molecule has 0 atom stereocenters. The Morgan fingerprint density at radius 1 is 1.42 bits per heavy atom. The van der Waals surface area contributed by atoms with Crippen LogP contribution in [0.1, 0.15) is 21.8 Å². The van der Waals surface area contributed by atoms with Gasteiger partial charge in [0.05, 0.1) is 18.5 Å². The van der Waals surface area contributed by atoms with Crippen LogP contribution in [0.4, 0.5) is 5.69 Å². The van der Waals surface area contributed by atoms with Crippen molar-refractivity contribution < 1.29 is 14.1 Å². The first kappa shape index (κ1) is 13.4. The lowest BCUT2D eigenvalue weighted by atomic mass is 10.2. The van der Waals surface area contributed by atoms with E-state index in [0.29, 0.717) is 33.5 Å². The lowest BCUT2D eigenvalue weighted by Crippen LogP contribution is -2.14. The quantitative estimate of drug-likeness (QED) is 0.938. The van der Waals surface area contributed by atoms with Crippen LogP contribution in [0.5, 0.6) is 5.75 Å². The topological polar surface area (TPSA) is 64.4 Å². The van der Waals surface area contributed by atoms with Crippen LogP contribution in [0.2, 0.25) is 5.02 Å². The third kappa shape index (κ3) is 2.71. The predicted molar refractivity (Wildman–Crippen MR) is 71.9 cm³/mol. The molecule has 0 saturated carbocycles. The van der Waals surface area contributed by atoms with Crippen molar-refractivity contribution >= 4 is 23.2 Å². The second kappa shape index (κ2) is 5.32. The third-order valence-electron chi connectivity index (χ3n) is 2.67. The lowest BCUT2D eigenvalue weighted by Gasteiger charge is -2.10. The average molecular weight is 281 g/mol. The number of halogens is 1. The van der Waals surface area contributed by atoms with Crippen LogP contribution in [0.3, 0.4) is 0 Å². The molecule has 0 unspecified atom stereocenters. The number of aryl methyl sites for hydroxylation is 2. The standard InChI is InChI=1S/C13H13ClN2O3/c1-7-12(8(2)19-16-7)13(17)15-10-6-9(14)4-5-11(10)18-3/h4-6H,1-3H3,(H,15,17). The van der Waals surface area contributed by atoms with Crippen molar-refractivity contribution in [1.82, 2.24) is 5.16 Å². The smallest absolute Gasteiger partial charge is 0.261 e. The number of amides is 1. The molecule has 0 bridgehead atoms. The molecule has 0 fully saturated rings. The zero-order chi connectivity index (χ0) is 14.0. The number of rotatable bonds is 3. The van der Waals surface area contributed by atoms with Gasteiger partial charge in [0.1, 0.15) is 17.1 Å². The van der Waals surface area contributed by atoms with Crippen LogP contribution in [0.15, 0.2) is 22.7 Å². The molecule has 0 radical (unpaired) electrons. The van der Waals surface area contributed by atoms with Crippen molar-refractivity contribution in [2.75, 3.05) is 12.4 Å². The predicted octanol–water partition coefficient (Wildman–Crippen LogP) is 3.21. The first-order chi connectivity index (χ1) is 9.02. The molecule has 1 aromatic carbocycles. The highest BCUT2D eigenvalue weighted by Crippen LogP contribution is 2.28. The Labute approximate surface area is 115 Å². The van der Waals surface area contributed by atoms with Gasteiger partial charge in [-0.15, -0.1) is 0 Å². The number of anilines is 1. The molecule has 1 heterocycles. The number of ether oxygens (including phenoxy) is 1. The van der Waals surface area contributed by atoms with Crippen molar-refractivity contribution in [2.45, 2.75) is 13.8 Å². The summed E-state index contributed by atoms with van der Waals surface area (Å²) in [5, 5.41) is 6.99. The SMILES string of the molecule is COc1ccc(Cl)cc1NC(=O)c1c(C)noc1C. The molecule has 0 spiro atoms. The number of carbonyl (C=O) groups is 1. The fourth-order valence-corrected chi connectivity index (χ4v) is 1.94. The van der Waals surface area contributed by atoms with Crippen LogP contribution < -0.4 is 10.1 Å². The Kier molecular flexibility index (Phi) is 3.76. The van der Waals surface area contributed by atoms with E-state index in [0.717, 1.165) is 0 Å². The van der Waals surface area contributed by atoms with Crippen molar-refractivity contribution in [3.8, 4) is 5.75 Å². The Morgan fingerprint density at radius 3 is 2.74 bits per heavy atom. The van der Waals surface area contributed by atoms with Crippen LogP contribution in [0.25, 0.3) is 0 Å². The Hall–Kier alpha value is -2.01. The van der Waals surface area contributed by atoms with Gasteiger partial charge in [-0.3, -0.25) is 4.79 Å². The molecule has 100 valence electrons. The van der Waals surface area contributed by atoms with Crippen molar-refractivity contribution in [3.05, 3.63) is 40.2 Å². The van der Waals surface area contributed by atoms with E-state index in [1.54, 1.807) is 32.0 Å². The van der Waals surface area contributed by atoms with Crippen LogP contribution >= 0.6 is 11.6 Å². The summed E-state index contributed by atoms with van der Waals surface area (Å²) in [5.41, 5.74) is 1.46. The van der Waals surface area contributed by atoms with Crippen LogP contribution in [-0.4, -0.2) is 18.2 Å². The molecule has 0 aliphatic rings. The van der Waals surface area contributed by atoms with Crippen LogP contribution in [-0.2, 0) is 0 Å². The highest BCUT2D eigenvalue weighted by Gasteiger charge is 2.18. The molecule has 0 aliphatic heterocycles. The highest BCUT2D eigenvalue weighted by molar-refractivity contribution is 6.31. The number of benzene rings is 1. The minimum absolute atomic E-state index is 0.309. The van der Waals surface area contributed by atoms with Gasteiger partial charge < -0.3 is 14.6 Å². The summed E-state index contributed by atoms with van der Waals surface area (Å²) >= 11 is 5.91. The molecule has 1 aromatic heterocycles. The Balaban J connectivity index is 2.31. The molecular formula is C13H13ClN2O3. The summed E-state index contributed by atoms with van der Waals surface area (Å²) in [6.07, 6.45) is 0. The van der Waals surface area contributed by atoms with Crippen molar-refractivity contribution in [2.24, 2.45) is 0 Å². The van der Waals surface area contributed by atoms with Gasteiger partial charge in [-0.25, -0.2) is 0 Å². The van der Waals surface area contributed by atoms with E-state index < -0.39 is 0 Å². The number of nitrogens with zero attached hydrogens (tertiary/aromatic N) is 1. The molecule has 1 N–H and O–H groups in total. The molecule has 2 aromatic rings. The summed E-state index contributed by atoms with van der Waals surface area (Å²) in [4.78, 5) is 12.2. The Morgan fingerprint density at radius 2 is 2.16 bits per heavy atom. The number of methoxy groups -OCH3 is 1. The first-order valence-corrected chi connectivity index (χ1v) is 5.98. The number of aromatic nitrogens is 1. The van der Waals surface area contributed by atoms with E-state index in [4.69, 9.17) is 20.9 Å². The van der Waals surface area contributed by atoms with Gasteiger partial charge in [-0.1, -0.05) is 16.8 Å². The maximum atomic E-state index is 12.2. The second-order valence-corrected chi connectivity index (χ2v) is 4.43. The first-order valence-electron chi connectivity index (χ1n) is 5.60. The van der Waals surface area contributed by atoms with E-state index in [1.807, 2.05) is 0 Å². The van der Waals surface area contributed by atoms with E-state index in [1.165, 1.54) is 7.11 Å². The van der Waals surface area contributed by atoms with E-state index in [9.17, 15) is 4.79 Å². The highest BCUT2D eigenvalue weighted by atomic mass is 35.5. The molecule has 6 heteroatoms. The molecule has 0 aliphatic carbocycles. The zero-order valence-electron chi connectivity index (χ0n) is 10.8. The van der Waals surface area contributed by atoms with Crippen molar-refractivity contribution in [3.63, 3.8) is 0 Å². The largest absolute Gasteiger partial charge is 0.495 e. The van der Waals surface area contributed by atoms with E-state index in [-0.39, 0.29) is 5.91 Å². The minimum Gasteiger partial charge on any atom is -0.495 e. The van der Waals surface area contributed by atoms with Crippen molar-refractivity contribution in [1.29, 1.82) is 0 Å². The third-order valence-corrected chi connectivity index (χ3v) is 2.91. The maximum Gasteiger partial charge on any atom is 0.261 e. The number of hydrogen-bond acceptors (Lipinski definition) is 4. The zero-order valence-corrected chi connectivity index (χ0v) is 11.5. The fraction of sp³-hybridized carbons (Fsp3) is 0.231. The molecule has 5 nitrogen and oxygen atoms in total. The van der Waals surface area contributed by atoms with E-state index >= 15 is 0 Å².